The van der Waals surface area contributed by atoms with Gasteiger partial charge in [-0.3, -0.25) is 0 Å². The van der Waals surface area contributed by atoms with Crippen LogP contribution < -0.4 is 5.73 Å². The number of aliphatic imine (C=N–C) groups is 1. The lowest BCUT2D eigenvalue weighted by Crippen LogP contribution is -2.30. The lowest BCUT2D eigenvalue weighted by atomic mass is 10.2. The third kappa shape index (κ3) is 5.66. The van der Waals surface area contributed by atoms with Gasteiger partial charge in [0.15, 0.2) is 0 Å². The van der Waals surface area contributed by atoms with Crippen LogP contribution in [0.3, 0.4) is 0 Å². The largest absolute Gasteiger partial charge is 0.448 e. The van der Waals surface area contributed by atoms with E-state index in [1.165, 1.54) is 13.0 Å². The van der Waals surface area contributed by atoms with Crippen molar-refractivity contribution in [3.8, 4) is 0 Å². The molecule has 0 amide bonds. The zero-order valence-electron chi connectivity index (χ0n) is 10.4. The second-order valence-corrected chi connectivity index (χ2v) is 5.39. The van der Waals surface area contributed by atoms with Gasteiger partial charge in [-0.05, 0) is 24.6 Å². The van der Waals surface area contributed by atoms with Crippen molar-refractivity contribution in [2.75, 3.05) is 5.75 Å². The van der Waals surface area contributed by atoms with Gasteiger partial charge in [-0.1, -0.05) is 11.6 Å². The van der Waals surface area contributed by atoms with E-state index in [1.54, 1.807) is 0 Å². The summed E-state index contributed by atoms with van der Waals surface area (Å²) in [5.74, 6) is -2.80. The lowest BCUT2D eigenvalue weighted by molar-refractivity contribution is -0.105. The van der Waals surface area contributed by atoms with Crippen LogP contribution in [0.5, 0.6) is 0 Å². The van der Waals surface area contributed by atoms with Gasteiger partial charge in [0.05, 0.1) is 16.5 Å². The van der Waals surface area contributed by atoms with Crippen molar-refractivity contribution in [3.05, 3.63) is 22.7 Å². The molecule has 0 unspecified atom stereocenters. The molecule has 10 heteroatoms. The van der Waals surface area contributed by atoms with Crippen LogP contribution in [-0.4, -0.2) is 23.9 Å². The van der Waals surface area contributed by atoms with E-state index in [-0.39, 0.29) is 15.6 Å². The second kappa shape index (κ2) is 6.35. The van der Waals surface area contributed by atoms with Crippen molar-refractivity contribution < 1.29 is 26.3 Å². The molecule has 0 aliphatic heterocycles. The fraction of sp³-hybridized carbons (Fsp3) is 0.364. The molecule has 0 radical (unpaired) electrons. The topological polar surface area (TPSA) is 38.4 Å². The molecule has 0 heterocycles. The van der Waals surface area contributed by atoms with Crippen LogP contribution in [0.25, 0.3) is 0 Å². The maximum atomic E-state index is 12.3. The van der Waals surface area contributed by atoms with Crippen LogP contribution in [0.15, 0.2) is 22.0 Å². The summed E-state index contributed by atoms with van der Waals surface area (Å²) in [5.41, 5.74) is 4.83. The lowest BCUT2D eigenvalue weighted by Gasteiger charge is -2.11. The summed E-state index contributed by atoms with van der Waals surface area (Å²) in [4.78, 5) is 3.25. The molecule has 0 aliphatic rings. The van der Waals surface area contributed by atoms with Crippen LogP contribution in [0, 0.1) is 6.92 Å². The van der Waals surface area contributed by atoms with E-state index in [1.807, 2.05) is 0 Å². The van der Waals surface area contributed by atoms with Crippen LogP contribution in [0.2, 0.25) is 5.02 Å². The predicted octanol–water partition coefficient (Wildman–Crippen LogP) is 4.85. The van der Waals surface area contributed by atoms with Gasteiger partial charge in [-0.15, -0.1) is 11.8 Å². The number of thioether (sulfide) groups is 1. The highest BCUT2D eigenvalue weighted by Crippen LogP contribution is 2.36. The molecular formula is C11H9ClF6N2S. The Morgan fingerprint density at radius 3 is 2.29 bits per heavy atom. The van der Waals surface area contributed by atoms with Crippen molar-refractivity contribution in [2.24, 2.45) is 10.7 Å². The van der Waals surface area contributed by atoms with Gasteiger partial charge in [-0.25, -0.2) is 4.99 Å². The van der Waals surface area contributed by atoms with Crippen LogP contribution in [0.1, 0.15) is 5.56 Å². The first-order valence-corrected chi connectivity index (χ1v) is 6.67. The molecule has 0 saturated carbocycles. The Hall–Kier alpha value is -1.09. The number of benzene rings is 1. The molecule has 2 N–H and O–H groups in total. The molecule has 0 spiro atoms. The number of halogens is 7. The Kier molecular flexibility index (Phi) is 5.43. The number of nitrogens with zero attached hydrogens (tertiary/aromatic N) is 1. The molecule has 1 rings (SSSR count). The average Bonchev–Trinajstić information content (AvgIpc) is 2.28. The predicted molar refractivity (Wildman–Crippen MR) is 70.3 cm³/mol. The fourth-order valence-corrected chi connectivity index (χ4v) is 2.30. The van der Waals surface area contributed by atoms with Gasteiger partial charge in [0.25, 0.3) is 0 Å². The monoisotopic (exact) mass is 350 g/mol. The van der Waals surface area contributed by atoms with Gasteiger partial charge in [0.2, 0.25) is 5.84 Å². The number of amidine groups is 1. The first-order chi connectivity index (χ1) is 9.40. The highest BCUT2D eigenvalue weighted by atomic mass is 35.5. The van der Waals surface area contributed by atoms with E-state index in [9.17, 15) is 26.3 Å². The normalized spacial score (nSPS) is 13.6. The zero-order valence-corrected chi connectivity index (χ0v) is 12.0. The van der Waals surface area contributed by atoms with Gasteiger partial charge in [-0.2, -0.15) is 26.3 Å². The maximum Gasteiger partial charge on any atom is 0.448 e. The summed E-state index contributed by atoms with van der Waals surface area (Å²) in [5, 5.41) is -0.129. The summed E-state index contributed by atoms with van der Waals surface area (Å²) in [6, 6.07) is 2.29. The van der Waals surface area contributed by atoms with Gasteiger partial charge < -0.3 is 5.73 Å². The average molecular weight is 351 g/mol. The van der Waals surface area contributed by atoms with E-state index in [4.69, 9.17) is 17.3 Å². The molecule has 0 atom stereocenters. The smallest absolute Gasteiger partial charge is 0.380 e. The second-order valence-electron chi connectivity index (χ2n) is 3.97. The third-order valence-corrected chi connectivity index (χ3v) is 3.69. The first-order valence-electron chi connectivity index (χ1n) is 5.31. The molecule has 1 aromatic rings. The Labute approximate surface area is 125 Å². The van der Waals surface area contributed by atoms with Gasteiger partial charge in [0.1, 0.15) is 0 Å². The Bertz CT molecular complexity index is 553. The minimum absolute atomic E-state index is 0.129. The van der Waals surface area contributed by atoms with E-state index in [2.05, 4.69) is 4.99 Å². The van der Waals surface area contributed by atoms with Crippen LogP contribution >= 0.6 is 23.4 Å². The summed E-state index contributed by atoms with van der Waals surface area (Å²) < 4.78 is 73.4. The number of aryl methyl sites for hydroxylation is 1. The molecule has 21 heavy (non-hydrogen) atoms. The Balaban J connectivity index is 3.12. The minimum atomic E-state index is -4.84. The van der Waals surface area contributed by atoms with Crippen molar-refractivity contribution in [1.82, 2.24) is 0 Å². The molecule has 118 valence electrons. The number of hydrogen-bond donors (Lipinski definition) is 1. The van der Waals surface area contributed by atoms with Gasteiger partial charge >= 0.3 is 12.4 Å². The zero-order chi connectivity index (χ0) is 16.4. The third-order valence-electron chi connectivity index (χ3n) is 2.17. The molecule has 1 aromatic carbocycles. The number of rotatable bonds is 3. The molecule has 0 aromatic heterocycles. The van der Waals surface area contributed by atoms with E-state index >= 15 is 0 Å². The molecule has 2 nitrogen and oxygen atoms in total. The number of hydrogen-bond acceptors (Lipinski definition) is 2. The molecule has 0 fully saturated rings. The summed E-state index contributed by atoms with van der Waals surface area (Å²) >= 11 is 6.16. The quantitative estimate of drug-likeness (QED) is 0.366. The van der Waals surface area contributed by atoms with E-state index in [0.717, 1.165) is 6.07 Å². The standard InChI is InChI=1S/C11H9ClF6N2S/c1-5-2-6(12)7(20-9(19)11(16,17)18)3-8(5)21-4-10(13,14)15/h2-3H,4H2,1H3,(H2,19,20). The number of nitrogens with two attached hydrogens (primary N) is 1. The molecule has 0 bridgehead atoms. The summed E-state index contributed by atoms with van der Waals surface area (Å²) in [7, 11) is 0. The highest BCUT2D eigenvalue weighted by Gasteiger charge is 2.34. The summed E-state index contributed by atoms with van der Waals surface area (Å²) in [6.45, 7) is 1.49. The van der Waals surface area contributed by atoms with Crippen molar-refractivity contribution in [2.45, 2.75) is 24.2 Å². The van der Waals surface area contributed by atoms with E-state index in [0.29, 0.717) is 17.3 Å². The Morgan fingerprint density at radius 2 is 1.81 bits per heavy atom. The SMILES string of the molecule is Cc1cc(Cl)c(N=C(N)C(F)(F)F)cc1SCC(F)(F)F. The van der Waals surface area contributed by atoms with Crippen LogP contribution in [-0.2, 0) is 0 Å². The molecular weight excluding hydrogens is 342 g/mol. The number of alkyl halides is 6. The van der Waals surface area contributed by atoms with Crippen LogP contribution in [0.4, 0.5) is 32.0 Å². The summed E-state index contributed by atoms with van der Waals surface area (Å²) in [6.07, 6.45) is -9.24. The fourth-order valence-electron chi connectivity index (χ4n) is 1.24. The maximum absolute atomic E-state index is 12.3. The molecule has 0 saturated heterocycles. The van der Waals surface area contributed by atoms with Gasteiger partial charge in [0, 0.05) is 4.90 Å². The van der Waals surface area contributed by atoms with Crippen molar-refractivity contribution in [3.63, 3.8) is 0 Å². The van der Waals surface area contributed by atoms with Crippen molar-refractivity contribution in [1.29, 1.82) is 0 Å². The Morgan fingerprint density at radius 1 is 1.24 bits per heavy atom. The minimum Gasteiger partial charge on any atom is -0.380 e. The van der Waals surface area contributed by atoms with E-state index < -0.39 is 23.9 Å². The first kappa shape index (κ1) is 18.0. The van der Waals surface area contributed by atoms with Crippen molar-refractivity contribution >= 4 is 34.9 Å². The highest BCUT2D eigenvalue weighted by molar-refractivity contribution is 7.99. The molecule has 0 aliphatic carbocycles.